The van der Waals surface area contributed by atoms with Crippen molar-refractivity contribution < 1.29 is 9.94 Å². The molecule has 0 aliphatic heterocycles. The van der Waals surface area contributed by atoms with Gasteiger partial charge in [0.05, 0.1) is 6.61 Å². The maximum Gasteiger partial charge on any atom is 0.140 e. The Morgan fingerprint density at radius 2 is 2.57 bits per heavy atom. The zero-order valence-electron chi connectivity index (χ0n) is 4.29. The lowest BCUT2D eigenvalue weighted by molar-refractivity contribution is 0.0995. The summed E-state index contributed by atoms with van der Waals surface area (Å²) in [7, 11) is 0. The Bertz CT molecular complexity index is 53.7. The van der Waals surface area contributed by atoms with Gasteiger partial charge in [0.1, 0.15) is 6.61 Å². The van der Waals surface area contributed by atoms with Crippen LogP contribution in [0.15, 0.2) is 5.16 Å². The fraction of sp³-hybridized carbons (Fsp3) is 0.750. The molecule has 0 spiro atoms. The smallest absolute Gasteiger partial charge is 0.140 e. The lowest BCUT2D eigenvalue weighted by Crippen LogP contribution is -1.92. The van der Waals surface area contributed by atoms with Crippen LogP contribution in [-0.2, 0) is 4.84 Å². The van der Waals surface area contributed by atoms with Crippen molar-refractivity contribution in [3.63, 3.8) is 0 Å². The standard InChI is InChI=1S/C4H9NO2/c1-2-5-7-4-3-6/h2,6H,3-4H2,1H3. The van der Waals surface area contributed by atoms with E-state index in [4.69, 9.17) is 5.11 Å². The molecule has 0 amide bonds. The highest BCUT2D eigenvalue weighted by atomic mass is 16.6. The topological polar surface area (TPSA) is 41.8 Å². The molecule has 0 aromatic rings. The van der Waals surface area contributed by atoms with Crippen LogP contribution in [0.2, 0.25) is 0 Å². The molecular formula is C4H9NO2. The molecule has 0 atom stereocenters. The van der Waals surface area contributed by atoms with E-state index in [1.807, 2.05) is 0 Å². The number of hydrogen-bond donors (Lipinski definition) is 1. The molecular weight excluding hydrogens is 94.0 g/mol. The summed E-state index contributed by atoms with van der Waals surface area (Å²) in [4.78, 5) is 4.45. The predicted octanol–water partition coefficient (Wildman–Crippen LogP) is 0.00100. The van der Waals surface area contributed by atoms with Gasteiger partial charge in [-0.1, -0.05) is 5.16 Å². The Balaban J connectivity index is 2.69. The van der Waals surface area contributed by atoms with E-state index in [0.717, 1.165) is 0 Å². The van der Waals surface area contributed by atoms with Gasteiger partial charge < -0.3 is 9.94 Å². The quantitative estimate of drug-likeness (QED) is 0.310. The van der Waals surface area contributed by atoms with Crippen LogP contribution in [0, 0.1) is 0 Å². The number of nitrogens with zero attached hydrogens (tertiary/aromatic N) is 1. The Hall–Kier alpha value is -0.570. The third kappa shape index (κ3) is 5.43. The van der Waals surface area contributed by atoms with E-state index in [0.29, 0.717) is 0 Å². The van der Waals surface area contributed by atoms with Crippen LogP contribution >= 0.6 is 0 Å². The van der Waals surface area contributed by atoms with Gasteiger partial charge in [0.2, 0.25) is 0 Å². The highest BCUT2D eigenvalue weighted by Crippen LogP contribution is 1.69. The van der Waals surface area contributed by atoms with Crippen molar-refractivity contribution in [2.75, 3.05) is 13.2 Å². The van der Waals surface area contributed by atoms with Crippen LogP contribution in [0.5, 0.6) is 0 Å². The number of aliphatic hydroxyl groups is 1. The second-order valence-corrected chi connectivity index (χ2v) is 0.920. The number of oxime groups is 1. The molecule has 0 fully saturated rings. The van der Waals surface area contributed by atoms with E-state index >= 15 is 0 Å². The Morgan fingerprint density at radius 3 is 3.00 bits per heavy atom. The molecule has 0 bridgehead atoms. The average molecular weight is 103 g/mol. The van der Waals surface area contributed by atoms with Crippen molar-refractivity contribution >= 4 is 6.21 Å². The molecule has 0 aromatic carbocycles. The molecule has 1 N–H and O–H groups in total. The second-order valence-electron chi connectivity index (χ2n) is 0.920. The van der Waals surface area contributed by atoms with Crippen LogP contribution in [0.4, 0.5) is 0 Å². The molecule has 0 aromatic heterocycles. The highest BCUT2D eigenvalue weighted by Gasteiger charge is 1.72. The molecule has 0 saturated carbocycles. The molecule has 3 heteroatoms. The van der Waals surface area contributed by atoms with Crippen LogP contribution in [0.3, 0.4) is 0 Å². The molecule has 3 nitrogen and oxygen atoms in total. The van der Waals surface area contributed by atoms with Crippen molar-refractivity contribution in [2.24, 2.45) is 5.16 Å². The zero-order chi connectivity index (χ0) is 5.54. The first-order chi connectivity index (χ1) is 3.41. The fourth-order valence-corrected chi connectivity index (χ4v) is 0.168. The van der Waals surface area contributed by atoms with Gasteiger partial charge in [-0.05, 0) is 6.92 Å². The second kappa shape index (κ2) is 5.43. The lowest BCUT2D eigenvalue weighted by atomic mass is 10.8. The monoisotopic (exact) mass is 103 g/mol. The minimum absolute atomic E-state index is 0.0251. The largest absolute Gasteiger partial charge is 0.394 e. The molecule has 0 saturated heterocycles. The molecule has 0 aliphatic carbocycles. The zero-order valence-corrected chi connectivity index (χ0v) is 4.29. The summed E-state index contributed by atoms with van der Waals surface area (Å²) in [5, 5.41) is 11.5. The van der Waals surface area contributed by atoms with Crippen LogP contribution in [0.1, 0.15) is 6.92 Å². The number of aliphatic hydroxyl groups excluding tert-OH is 1. The first-order valence-corrected chi connectivity index (χ1v) is 2.12. The van der Waals surface area contributed by atoms with E-state index in [2.05, 4.69) is 9.99 Å². The Labute approximate surface area is 42.6 Å². The van der Waals surface area contributed by atoms with Crippen LogP contribution in [-0.4, -0.2) is 24.5 Å². The van der Waals surface area contributed by atoms with E-state index < -0.39 is 0 Å². The normalized spacial score (nSPS) is 10.0. The van der Waals surface area contributed by atoms with Crippen molar-refractivity contribution in [1.82, 2.24) is 0 Å². The minimum Gasteiger partial charge on any atom is -0.394 e. The van der Waals surface area contributed by atoms with Gasteiger partial charge in [0.15, 0.2) is 0 Å². The summed E-state index contributed by atoms with van der Waals surface area (Å²) in [5.41, 5.74) is 0. The van der Waals surface area contributed by atoms with Gasteiger partial charge in [-0.25, -0.2) is 0 Å². The van der Waals surface area contributed by atoms with Crippen molar-refractivity contribution in [3.8, 4) is 0 Å². The van der Waals surface area contributed by atoms with Crippen molar-refractivity contribution in [3.05, 3.63) is 0 Å². The summed E-state index contributed by atoms with van der Waals surface area (Å²) in [6.45, 7) is 2.05. The van der Waals surface area contributed by atoms with Gasteiger partial charge in [-0.15, -0.1) is 0 Å². The Kier molecular flexibility index (Phi) is 4.99. The summed E-state index contributed by atoms with van der Waals surface area (Å²) >= 11 is 0. The molecule has 0 rings (SSSR count). The third-order valence-corrected chi connectivity index (χ3v) is 0.363. The minimum atomic E-state index is 0.0251. The summed E-state index contributed by atoms with van der Waals surface area (Å²) in [5.74, 6) is 0. The van der Waals surface area contributed by atoms with Crippen molar-refractivity contribution in [1.29, 1.82) is 0 Å². The van der Waals surface area contributed by atoms with E-state index in [1.165, 1.54) is 6.21 Å². The maximum atomic E-state index is 8.09. The summed E-state index contributed by atoms with van der Waals surface area (Å²) in [6.07, 6.45) is 1.52. The highest BCUT2D eigenvalue weighted by molar-refractivity contribution is 5.52. The summed E-state index contributed by atoms with van der Waals surface area (Å²) < 4.78 is 0. The summed E-state index contributed by atoms with van der Waals surface area (Å²) in [6, 6.07) is 0. The molecule has 0 aliphatic rings. The van der Waals surface area contributed by atoms with E-state index in [9.17, 15) is 0 Å². The molecule has 7 heavy (non-hydrogen) atoms. The van der Waals surface area contributed by atoms with Gasteiger partial charge in [-0.2, -0.15) is 0 Å². The lowest BCUT2D eigenvalue weighted by Gasteiger charge is -1.89. The predicted molar refractivity (Wildman–Crippen MR) is 27.2 cm³/mol. The average Bonchev–Trinajstić information content (AvgIpc) is 1.69. The van der Waals surface area contributed by atoms with Crippen LogP contribution < -0.4 is 0 Å². The van der Waals surface area contributed by atoms with E-state index in [1.54, 1.807) is 6.92 Å². The first-order valence-electron chi connectivity index (χ1n) is 2.12. The number of rotatable bonds is 3. The van der Waals surface area contributed by atoms with Gasteiger partial charge >= 0.3 is 0 Å². The molecule has 0 unspecified atom stereocenters. The van der Waals surface area contributed by atoms with Gasteiger partial charge in [0, 0.05) is 6.21 Å². The van der Waals surface area contributed by atoms with Crippen LogP contribution in [0.25, 0.3) is 0 Å². The third-order valence-electron chi connectivity index (χ3n) is 0.363. The molecule has 0 radical (unpaired) electrons. The molecule has 0 heterocycles. The Morgan fingerprint density at radius 1 is 1.86 bits per heavy atom. The first kappa shape index (κ1) is 6.43. The number of hydrogen-bond acceptors (Lipinski definition) is 3. The molecule has 42 valence electrons. The van der Waals surface area contributed by atoms with Gasteiger partial charge in [0.25, 0.3) is 0 Å². The fourth-order valence-electron chi connectivity index (χ4n) is 0.168. The maximum absolute atomic E-state index is 8.09. The SMILES string of the molecule is CC=NOCCO. The van der Waals surface area contributed by atoms with Crippen molar-refractivity contribution in [2.45, 2.75) is 6.92 Å². The van der Waals surface area contributed by atoms with Gasteiger partial charge in [-0.3, -0.25) is 0 Å². The van der Waals surface area contributed by atoms with E-state index in [-0.39, 0.29) is 13.2 Å².